The second-order valence-electron chi connectivity index (χ2n) is 8.45. The van der Waals surface area contributed by atoms with Crippen LogP contribution in [0.3, 0.4) is 0 Å². The van der Waals surface area contributed by atoms with Crippen molar-refractivity contribution in [2.75, 3.05) is 37.0 Å². The van der Waals surface area contributed by atoms with Crippen molar-refractivity contribution < 1.29 is 28.5 Å². The van der Waals surface area contributed by atoms with E-state index in [4.69, 9.17) is 18.9 Å². The number of benzene rings is 3. The number of nitrogens with one attached hydrogen (secondary N) is 1. The number of nitrogens with zero attached hydrogens (tertiary/aromatic N) is 2. The lowest BCUT2D eigenvalue weighted by atomic mass is 10.1. The molecule has 0 aliphatic carbocycles. The lowest BCUT2D eigenvalue weighted by Gasteiger charge is -2.18. The van der Waals surface area contributed by atoms with Crippen LogP contribution in [0.1, 0.15) is 11.1 Å². The van der Waals surface area contributed by atoms with E-state index in [1.54, 1.807) is 50.6 Å². The number of thioether (sulfide) groups is 1. The van der Waals surface area contributed by atoms with Crippen LogP contribution in [0.15, 0.2) is 71.4 Å². The number of hydrogen-bond acceptors (Lipinski definition) is 8. The van der Waals surface area contributed by atoms with Gasteiger partial charge in [-0.1, -0.05) is 35.5 Å². The number of aryl methyl sites for hydroxylation is 1. The summed E-state index contributed by atoms with van der Waals surface area (Å²) in [7, 11) is 3.08. The van der Waals surface area contributed by atoms with Crippen LogP contribution in [0.4, 0.5) is 11.4 Å². The zero-order chi connectivity index (χ0) is 26.6. The van der Waals surface area contributed by atoms with Crippen LogP contribution in [0.25, 0.3) is 6.08 Å². The first-order valence-corrected chi connectivity index (χ1v) is 12.7. The van der Waals surface area contributed by atoms with Gasteiger partial charge >= 0.3 is 0 Å². The lowest BCUT2D eigenvalue weighted by Crippen LogP contribution is -2.31. The minimum absolute atomic E-state index is 0.0330. The summed E-state index contributed by atoms with van der Waals surface area (Å²) < 4.78 is 21.4. The molecule has 0 bridgehead atoms. The van der Waals surface area contributed by atoms with Gasteiger partial charge in [0.05, 0.1) is 25.7 Å². The second-order valence-corrected chi connectivity index (χ2v) is 9.39. The Kier molecular flexibility index (Phi) is 7.23. The fraction of sp³-hybridized carbons (Fsp3) is 0.179. The molecule has 9 nitrogen and oxygen atoms in total. The molecule has 5 rings (SSSR count). The first kappa shape index (κ1) is 25.2. The Bertz CT molecular complexity index is 1430. The van der Waals surface area contributed by atoms with Crippen LogP contribution >= 0.6 is 11.8 Å². The van der Waals surface area contributed by atoms with Gasteiger partial charge in [-0.2, -0.15) is 0 Å². The molecular weight excluding hydrogens is 506 g/mol. The maximum absolute atomic E-state index is 13.5. The third-order valence-electron chi connectivity index (χ3n) is 5.79. The molecule has 0 unspecified atom stereocenters. The van der Waals surface area contributed by atoms with E-state index in [-0.39, 0.29) is 30.1 Å². The highest BCUT2D eigenvalue weighted by Crippen LogP contribution is 2.35. The van der Waals surface area contributed by atoms with E-state index in [2.05, 4.69) is 10.3 Å². The molecule has 38 heavy (non-hydrogen) atoms. The standard InChI is InChI=1S/C28H25N3O6S/c1-17-4-7-20(8-5-17)31-27(33)23(10-18-6-9-24-25(11-18)37-16-36-24)30-28(31)38-15-26(32)29-19-12-21(34-2)14-22(13-19)35-3/h4-14H,15-16H2,1-3H3,(H,29,32)/b23-10-. The van der Waals surface area contributed by atoms with E-state index < -0.39 is 0 Å². The molecule has 0 saturated carbocycles. The Balaban J connectivity index is 1.37. The molecule has 0 aromatic heterocycles. The van der Waals surface area contributed by atoms with E-state index >= 15 is 0 Å². The number of anilines is 2. The maximum atomic E-state index is 13.5. The van der Waals surface area contributed by atoms with Crippen molar-refractivity contribution in [3.8, 4) is 23.0 Å². The summed E-state index contributed by atoms with van der Waals surface area (Å²) in [6.07, 6.45) is 1.70. The first-order valence-electron chi connectivity index (χ1n) is 11.7. The second kappa shape index (κ2) is 10.9. The molecule has 2 heterocycles. The van der Waals surface area contributed by atoms with Crippen LogP contribution < -0.4 is 29.2 Å². The van der Waals surface area contributed by atoms with Gasteiger partial charge in [0.1, 0.15) is 17.2 Å². The van der Waals surface area contributed by atoms with E-state index in [0.29, 0.717) is 39.5 Å². The Morgan fingerprint density at radius 2 is 1.74 bits per heavy atom. The van der Waals surface area contributed by atoms with Crippen molar-refractivity contribution in [3.63, 3.8) is 0 Å². The quantitative estimate of drug-likeness (QED) is 0.435. The molecule has 0 atom stereocenters. The number of ether oxygens (including phenoxy) is 4. The molecule has 2 aliphatic heterocycles. The smallest absolute Gasteiger partial charge is 0.283 e. The number of carbonyl (C=O) groups is 2. The third-order valence-corrected chi connectivity index (χ3v) is 6.73. The summed E-state index contributed by atoms with van der Waals surface area (Å²) in [5, 5.41) is 3.25. The van der Waals surface area contributed by atoms with Gasteiger partial charge in [0.25, 0.3) is 5.91 Å². The molecule has 0 spiro atoms. The molecule has 0 fully saturated rings. The van der Waals surface area contributed by atoms with Gasteiger partial charge in [-0.05, 0) is 42.8 Å². The van der Waals surface area contributed by atoms with Crippen LogP contribution in [0.2, 0.25) is 0 Å². The Hall–Kier alpha value is -4.44. The van der Waals surface area contributed by atoms with Gasteiger partial charge in [0.2, 0.25) is 12.7 Å². The highest BCUT2D eigenvalue weighted by molar-refractivity contribution is 8.14. The van der Waals surface area contributed by atoms with Gasteiger partial charge in [-0.3, -0.25) is 14.5 Å². The number of fused-ring (bicyclic) bond motifs is 1. The Morgan fingerprint density at radius 3 is 2.45 bits per heavy atom. The molecular formula is C28H25N3O6S. The largest absolute Gasteiger partial charge is 0.497 e. The average Bonchev–Trinajstić information content (AvgIpc) is 3.51. The topological polar surface area (TPSA) is 98.7 Å². The van der Waals surface area contributed by atoms with Crippen LogP contribution in [0, 0.1) is 6.92 Å². The van der Waals surface area contributed by atoms with Gasteiger partial charge in [0, 0.05) is 23.9 Å². The Morgan fingerprint density at radius 1 is 1.03 bits per heavy atom. The number of aliphatic imine (C=N–C) groups is 1. The zero-order valence-corrected chi connectivity index (χ0v) is 21.8. The number of amidine groups is 1. The van der Waals surface area contributed by atoms with Crippen molar-refractivity contribution in [2.45, 2.75) is 6.92 Å². The highest BCUT2D eigenvalue weighted by Gasteiger charge is 2.32. The zero-order valence-electron chi connectivity index (χ0n) is 21.0. The van der Waals surface area contributed by atoms with Crippen molar-refractivity contribution in [2.24, 2.45) is 4.99 Å². The predicted octanol–water partition coefficient (Wildman–Crippen LogP) is 4.86. The first-order chi connectivity index (χ1) is 18.4. The molecule has 10 heteroatoms. The molecule has 0 saturated heterocycles. The molecule has 1 N–H and O–H groups in total. The SMILES string of the molecule is COc1cc(NC(=O)CSC2=N/C(=C\c3ccc4c(c3)OCO4)C(=O)N2c2ccc(C)cc2)cc(OC)c1. The summed E-state index contributed by atoms with van der Waals surface area (Å²) in [6.45, 7) is 2.14. The number of methoxy groups -OCH3 is 2. The third kappa shape index (κ3) is 5.45. The molecule has 194 valence electrons. The normalized spacial score (nSPS) is 15.0. The van der Waals surface area contributed by atoms with Gasteiger partial charge in [-0.25, -0.2) is 4.99 Å². The minimum atomic E-state index is -0.285. The number of hydrogen-bond donors (Lipinski definition) is 1. The minimum Gasteiger partial charge on any atom is -0.497 e. The fourth-order valence-corrected chi connectivity index (χ4v) is 4.69. The van der Waals surface area contributed by atoms with E-state index in [0.717, 1.165) is 11.1 Å². The molecule has 0 radical (unpaired) electrons. The van der Waals surface area contributed by atoms with Crippen LogP contribution in [-0.2, 0) is 9.59 Å². The van der Waals surface area contributed by atoms with Gasteiger partial charge < -0.3 is 24.3 Å². The molecule has 3 aromatic carbocycles. The Labute approximate surface area is 224 Å². The predicted molar refractivity (Wildman–Crippen MR) is 147 cm³/mol. The van der Waals surface area contributed by atoms with Gasteiger partial charge in [-0.15, -0.1) is 0 Å². The molecule has 3 aromatic rings. The summed E-state index contributed by atoms with van der Waals surface area (Å²) in [5.74, 6) is 1.87. The number of rotatable bonds is 7. The number of amides is 2. The maximum Gasteiger partial charge on any atom is 0.283 e. The number of carbonyl (C=O) groups excluding carboxylic acids is 2. The average molecular weight is 532 g/mol. The summed E-state index contributed by atoms with van der Waals surface area (Å²) in [4.78, 5) is 32.4. The summed E-state index contributed by atoms with van der Waals surface area (Å²) in [5.41, 5.74) is 3.27. The van der Waals surface area contributed by atoms with E-state index in [9.17, 15) is 9.59 Å². The van der Waals surface area contributed by atoms with Gasteiger partial charge in [0.15, 0.2) is 16.7 Å². The summed E-state index contributed by atoms with van der Waals surface area (Å²) in [6, 6.07) is 18.1. The van der Waals surface area contributed by atoms with E-state index in [1.165, 1.54) is 16.7 Å². The highest BCUT2D eigenvalue weighted by atomic mass is 32.2. The monoisotopic (exact) mass is 531 g/mol. The van der Waals surface area contributed by atoms with Crippen molar-refractivity contribution in [3.05, 3.63) is 77.5 Å². The summed E-state index contributed by atoms with van der Waals surface area (Å²) >= 11 is 1.17. The van der Waals surface area contributed by atoms with Crippen molar-refractivity contribution in [1.82, 2.24) is 0 Å². The van der Waals surface area contributed by atoms with Crippen molar-refractivity contribution in [1.29, 1.82) is 0 Å². The lowest BCUT2D eigenvalue weighted by molar-refractivity contribution is -0.114. The molecule has 2 amide bonds. The fourth-order valence-electron chi connectivity index (χ4n) is 3.88. The van der Waals surface area contributed by atoms with Crippen molar-refractivity contribution >= 4 is 46.2 Å². The molecule has 2 aliphatic rings. The van der Waals surface area contributed by atoms with Crippen LogP contribution in [0.5, 0.6) is 23.0 Å². The van der Waals surface area contributed by atoms with E-state index in [1.807, 2.05) is 37.3 Å². The van der Waals surface area contributed by atoms with Crippen LogP contribution in [-0.4, -0.2) is 43.7 Å².